The van der Waals surface area contributed by atoms with Gasteiger partial charge in [0.1, 0.15) is 22.9 Å². The van der Waals surface area contributed by atoms with Gasteiger partial charge in [0, 0.05) is 36.2 Å². The highest BCUT2D eigenvalue weighted by molar-refractivity contribution is 5.95. The number of fused-ring (bicyclic) bond motifs is 1. The van der Waals surface area contributed by atoms with Gasteiger partial charge in [0.15, 0.2) is 0 Å². The van der Waals surface area contributed by atoms with Gasteiger partial charge in [-0.3, -0.25) is 10.2 Å². The maximum absolute atomic E-state index is 12.4. The number of nitrogens with two attached hydrogens (primary N) is 1. The van der Waals surface area contributed by atoms with Crippen molar-refractivity contribution >= 4 is 22.7 Å². The zero-order valence-electron chi connectivity index (χ0n) is 16.6. The van der Waals surface area contributed by atoms with Crippen molar-refractivity contribution in [2.45, 2.75) is 19.9 Å². The SMILES string of the molecule is CCn1cc(C(=O)O)c(=O)c2ccc(OCCCOc3ccc(C(=N)N)cc3)cc21. The number of aromatic nitrogens is 1. The Bertz CT molecular complexity index is 1140. The monoisotopic (exact) mass is 409 g/mol. The highest BCUT2D eigenvalue weighted by Gasteiger charge is 2.14. The fraction of sp³-hybridized carbons (Fsp3) is 0.227. The molecule has 2 aromatic carbocycles. The lowest BCUT2D eigenvalue weighted by Gasteiger charge is -2.12. The van der Waals surface area contributed by atoms with Crippen LogP contribution in [0.15, 0.2) is 53.5 Å². The Morgan fingerprint density at radius 3 is 2.33 bits per heavy atom. The van der Waals surface area contributed by atoms with Crippen LogP contribution >= 0.6 is 0 Å². The molecule has 0 unspecified atom stereocenters. The summed E-state index contributed by atoms with van der Waals surface area (Å²) in [5.41, 5.74) is 5.95. The summed E-state index contributed by atoms with van der Waals surface area (Å²) in [6.07, 6.45) is 2.01. The van der Waals surface area contributed by atoms with E-state index in [0.29, 0.717) is 54.1 Å². The van der Waals surface area contributed by atoms with Crippen molar-refractivity contribution in [1.82, 2.24) is 4.57 Å². The second-order valence-electron chi connectivity index (χ2n) is 6.63. The second kappa shape index (κ2) is 9.13. The van der Waals surface area contributed by atoms with E-state index in [0.717, 1.165) is 0 Å². The number of aryl methyl sites for hydroxylation is 1. The van der Waals surface area contributed by atoms with Crippen LogP contribution < -0.4 is 20.6 Å². The predicted molar refractivity (Wildman–Crippen MR) is 114 cm³/mol. The van der Waals surface area contributed by atoms with E-state index >= 15 is 0 Å². The Morgan fingerprint density at radius 2 is 1.73 bits per heavy atom. The third-order valence-electron chi connectivity index (χ3n) is 4.62. The first-order chi connectivity index (χ1) is 14.4. The average Bonchev–Trinajstić information content (AvgIpc) is 2.74. The first-order valence-corrected chi connectivity index (χ1v) is 9.51. The molecule has 0 aliphatic carbocycles. The first-order valence-electron chi connectivity index (χ1n) is 9.51. The molecule has 4 N–H and O–H groups in total. The summed E-state index contributed by atoms with van der Waals surface area (Å²) in [5.74, 6) is 0.0586. The summed E-state index contributed by atoms with van der Waals surface area (Å²) in [5, 5.41) is 16.9. The summed E-state index contributed by atoms with van der Waals surface area (Å²) < 4.78 is 13.1. The van der Waals surface area contributed by atoms with Gasteiger partial charge in [-0.15, -0.1) is 0 Å². The number of ether oxygens (including phenoxy) is 2. The summed E-state index contributed by atoms with van der Waals surface area (Å²) in [6.45, 7) is 3.27. The molecular weight excluding hydrogens is 386 g/mol. The Labute approximate surface area is 173 Å². The Balaban J connectivity index is 1.61. The molecule has 0 fully saturated rings. The van der Waals surface area contributed by atoms with Crippen molar-refractivity contribution in [2.24, 2.45) is 5.73 Å². The molecule has 0 saturated heterocycles. The van der Waals surface area contributed by atoms with E-state index in [4.69, 9.17) is 20.6 Å². The number of aromatic carboxylic acids is 1. The van der Waals surface area contributed by atoms with Gasteiger partial charge in [-0.25, -0.2) is 4.79 Å². The van der Waals surface area contributed by atoms with E-state index in [1.54, 1.807) is 47.0 Å². The quantitative estimate of drug-likeness (QED) is 0.283. The highest BCUT2D eigenvalue weighted by atomic mass is 16.5. The lowest BCUT2D eigenvalue weighted by atomic mass is 10.1. The topological polar surface area (TPSA) is 128 Å². The number of nitrogens with zero attached hydrogens (tertiary/aromatic N) is 1. The van der Waals surface area contributed by atoms with Crippen LogP contribution in [0.5, 0.6) is 11.5 Å². The molecular formula is C22H23N3O5. The molecule has 0 aliphatic heterocycles. The number of pyridine rings is 1. The van der Waals surface area contributed by atoms with E-state index < -0.39 is 11.4 Å². The van der Waals surface area contributed by atoms with Crippen LogP contribution in [0.4, 0.5) is 0 Å². The number of nitrogens with one attached hydrogen (secondary N) is 1. The molecule has 156 valence electrons. The van der Waals surface area contributed by atoms with E-state index in [1.165, 1.54) is 6.20 Å². The molecule has 0 saturated carbocycles. The van der Waals surface area contributed by atoms with Crippen LogP contribution in [-0.4, -0.2) is 34.7 Å². The molecule has 8 nitrogen and oxygen atoms in total. The van der Waals surface area contributed by atoms with Crippen molar-refractivity contribution in [2.75, 3.05) is 13.2 Å². The predicted octanol–water partition coefficient (Wildman–Crippen LogP) is 2.85. The van der Waals surface area contributed by atoms with Gasteiger partial charge in [0.25, 0.3) is 0 Å². The van der Waals surface area contributed by atoms with Crippen molar-refractivity contribution < 1.29 is 19.4 Å². The van der Waals surface area contributed by atoms with Crippen molar-refractivity contribution in [3.63, 3.8) is 0 Å². The number of hydrogen-bond acceptors (Lipinski definition) is 5. The van der Waals surface area contributed by atoms with Crippen LogP contribution in [-0.2, 0) is 6.54 Å². The maximum atomic E-state index is 12.4. The molecule has 3 rings (SSSR count). The molecule has 0 radical (unpaired) electrons. The number of nitrogen functional groups attached to an aromatic ring is 1. The van der Waals surface area contributed by atoms with Gasteiger partial charge in [0.05, 0.1) is 18.7 Å². The summed E-state index contributed by atoms with van der Waals surface area (Å²) in [7, 11) is 0. The van der Waals surface area contributed by atoms with Gasteiger partial charge in [0.2, 0.25) is 5.43 Å². The van der Waals surface area contributed by atoms with Gasteiger partial charge >= 0.3 is 5.97 Å². The zero-order chi connectivity index (χ0) is 21.7. The second-order valence-corrected chi connectivity index (χ2v) is 6.63. The number of amidine groups is 1. The van der Waals surface area contributed by atoms with E-state index in [1.807, 2.05) is 6.92 Å². The lowest BCUT2D eigenvalue weighted by molar-refractivity contribution is 0.0695. The van der Waals surface area contributed by atoms with Crippen LogP contribution in [0.2, 0.25) is 0 Å². The molecule has 0 bridgehead atoms. The normalized spacial score (nSPS) is 10.7. The number of carboxylic acids is 1. The molecule has 0 atom stereocenters. The number of carboxylic acid groups (broad SMARTS) is 1. The third kappa shape index (κ3) is 4.60. The molecule has 0 amide bonds. The largest absolute Gasteiger partial charge is 0.493 e. The van der Waals surface area contributed by atoms with Crippen molar-refractivity contribution in [1.29, 1.82) is 5.41 Å². The standard InChI is InChI=1S/C22H23N3O5/c1-2-25-13-18(22(27)28)20(26)17-9-8-16(12-19(17)25)30-11-3-10-29-15-6-4-14(5-7-15)21(23)24/h4-9,12-13H,2-3,10-11H2,1H3,(H3,23,24)(H,27,28). The van der Waals surface area contributed by atoms with Crippen LogP contribution in [0.3, 0.4) is 0 Å². The summed E-state index contributed by atoms with van der Waals surface area (Å²) in [6, 6.07) is 12.0. The Hall–Kier alpha value is -3.81. The van der Waals surface area contributed by atoms with E-state index in [9.17, 15) is 14.7 Å². The molecule has 1 aromatic heterocycles. The number of benzene rings is 2. The maximum Gasteiger partial charge on any atom is 0.341 e. The van der Waals surface area contributed by atoms with Crippen molar-refractivity contribution in [3.8, 4) is 11.5 Å². The van der Waals surface area contributed by atoms with Gasteiger partial charge < -0.3 is 24.9 Å². The van der Waals surface area contributed by atoms with E-state index in [-0.39, 0.29) is 11.4 Å². The first kappa shape index (κ1) is 20.9. The van der Waals surface area contributed by atoms with Crippen LogP contribution in [0.25, 0.3) is 10.9 Å². The van der Waals surface area contributed by atoms with Crippen LogP contribution in [0, 0.1) is 5.41 Å². The molecule has 30 heavy (non-hydrogen) atoms. The van der Waals surface area contributed by atoms with E-state index in [2.05, 4.69) is 0 Å². The smallest absolute Gasteiger partial charge is 0.341 e. The van der Waals surface area contributed by atoms with Gasteiger partial charge in [-0.05, 0) is 43.3 Å². The Morgan fingerprint density at radius 1 is 1.10 bits per heavy atom. The molecule has 0 spiro atoms. The van der Waals surface area contributed by atoms with Gasteiger partial charge in [-0.2, -0.15) is 0 Å². The molecule has 1 heterocycles. The van der Waals surface area contributed by atoms with Gasteiger partial charge in [-0.1, -0.05) is 0 Å². The zero-order valence-corrected chi connectivity index (χ0v) is 16.6. The summed E-state index contributed by atoms with van der Waals surface area (Å²) in [4.78, 5) is 23.7. The fourth-order valence-corrected chi connectivity index (χ4v) is 3.04. The minimum Gasteiger partial charge on any atom is -0.493 e. The Kier molecular flexibility index (Phi) is 6.36. The minimum atomic E-state index is -1.24. The minimum absolute atomic E-state index is 0.0120. The lowest BCUT2D eigenvalue weighted by Crippen LogP contribution is -2.18. The number of rotatable bonds is 9. The molecule has 0 aliphatic rings. The number of hydrogen-bond donors (Lipinski definition) is 3. The van der Waals surface area contributed by atoms with Crippen LogP contribution in [0.1, 0.15) is 29.3 Å². The number of carbonyl (C=O) groups is 1. The molecule has 3 aromatic rings. The van der Waals surface area contributed by atoms with Crippen molar-refractivity contribution in [3.05, 3.63) is 70.0 Å². The highest BCUT2D eigenvalue weighted by Crippen LogP contribution is 2.20. The fourth-order valence-electron chi connectivity index (χ4n) is 3.04. The third-order valence-corrected chi connectivity index (χ3v) is 4.62. The average molecular weight is 409 g/mol. The molecule has 8 heteroatoms. The summed E-state index contributed by atoms with van der Waals surface area (Å²) >= 11 is 0.